The van der Waals surface area contributed by atoms with Gasteiger partial charge in [0.25, 0.3) is 0 Å². The quantitative estimate of drug-likeness (QED) is 0.754. The van der Waals surface area contributed by atoms with Crippen molar-refractivity contribution < 1.29 is 23.1 Å². The van der Waals surface area contributed by atoms with Crippen LogP contribution in [0, 0.1) is 0 Å². The van der Waals surface area contributed by atoms with Crippen LogP contribution in [0.4, 0.5) is 0 Å². The molecule has 0 saturated carbocycles. The lowest BCUT2D eigenvalue weighted by Gasteiger charge is -2.12. The number of rotatable bonds is 8. The summed E-state index contributed by atoms with van der Waals surface area (Å²) < 4.78 is 31.9. The van der Waals surface area contributed by atoms with Gasteiger partial charge >= 0.3 is 5.97 Å². The predicted octanol–water partition coefficient (Wildman–Crippen LogP) is 1.81. The summed E-state index contributed by atoms with van der Waals surface area (Å²) in [6.45, 7) is 4.20. The molecule has 1 aromatic carbocycles. The maximum atomic E-state index is 12.1. The lowest BCUT2D eigenvalue weighted by Crippen LogP contribution is -2.29. The topological polar surface area (TPSA) is 92.7 Å². The van der Waals surface area contributed by atoms with E-state index in [1.165, 1.54) is 23.9 Å². The minimum atomic E-state index is -3.74. The second-order valence-electron chi connectivity index (χ2n) is 4.29. The number of sulfonamides is 1. The molecule has 0 aliphatic carbocycles. The Morgan fingerprint density at radius 2 is 2.14 bits per heavy atom. The van der Waals surface area contributed by atoms with Crippen molar-refractivity contribution in [3.8, 4) is 5.75 Å². The van der Waals surface area contributed by atoms with Gasteiger partial charge in [0.15, 0.2) is 0 Å². The van der Waals surface area contributed by atoms with Crippen LogP contribution in [0.2, 0.25) is 0 Å². The number of thioether (sulfide) groups is 1. The number of benzene rings is 1. The molecule has 1 atom stereocenters. The molecule has 0 bridgehead atoms. The Morgan fingerprint density at radius 1 is 1.48 bits per heavy atom. The monoisotopic (exact) mass is 333 g/mol. The third kappa shape index (κ3) is 4.90. The van der Waals surface area contributed by atoms with Crippen LogP contribution in [0.3, 0.4) is 0 Å². The summed E-state index contributed by atoms with van der Waals surface area (Å²) in [4.78, 5) is 11.1. The molecular weight excluding hydrogens is 314 g/mol. The number of carbonyl (C=O) groups is 1. The van der Waals surface area contributed by atoms with Crippen LogP contribution in [0.5, 0.6) is 5.75 Å². The van der Waals surface area contributed by atoms with Crippen LogP contribution in [-0.2, 0) is 10.0 Å². The highest BCUT2D eigenvalue weighted by Gasteiger charge is 2.20. The zero-order chi connectivity index (χ0) is 16.0. The molecule has 0 fully saturated rings. The number of hydrogen-bond acceptors (Lipinski definition) is 5. The Labute approximate surface area is 128 Å². The molecule has 6 nitrogen and oxygen atoms in total. The summed E-state index contributed by atoms with van der Waals surface area (Å²) in [5, 5.41) is 9.27. The summed E-state index contributed by atoms with van der Waals surface area (Å²) in [6, 6.07) is 3.81. The Balaban J connectivity index is 3.07. The fraction of sp³-hybridized carbons (Fsp3) is 0.462. The number of aromatic carboxylic acids is 1. The predicted molar refractivity (Wildman–Crippen MR) is 82.7 cm³/mol. The van der Waals surface area contributed by atoms with Gasteiger partial charge in [-0.1, -0.05) is 6.92 Å². The van der Waals surface area contributed by atoms with Crippen molar-refractivity contribution in [2.24, 2.45) is 0 Å². The second-order valence-corrected chi connectivity index (χ2v) is 7.34. The minimum absolute atomic E-state index is 0.0864. The first-order valence-corrected chi connectivity index (χ1v) is 9.11. The zero-order valence-electron chi connectivity index (χ0n) is 12.1. The lowest BCUT2D eigenvalue weighted by molar-refractivity contribution is 0.0692. The smallest absolute Gasteiger partial charge is 0.339 e. The van der Waals surface area contributed by atoms with Crippen molar-refractivity contribution in [1.82, 2.24) is 4.72 Å². The van der Waals surface area contributed by atoms with Crippen molar-refractivity contribution in [2.75, 3.05) is 19.4 Å². The third-order valence-corrected chi connectivity index (χ3v) is 5.15. The molecule has 0 spiro atoms. The highest BCUT2D eigenvalue weighted by atomic mass is 32.2. The summed E-state index contributed by atoms with van der Waals surface area (Å²) >= 11 is 1.54. The molecule has 0 amide bonds. The first kappa shape index (κ1) is 17.8. The normalized spacial score (nSPS) is 12.9. The van der Waals surface area contributed by atoms with E-state index in [1.54, 1.807) is 6.92 Å². The van der Waals surface area contributed by atoms with Crippen LogP contribution in [0.15, 0.2) is 23.1 Å². The third-order valence-electron chi connectivity index (χ3n) is 2.75. The molecule has 1 rings (SSSR count). The zero-order valence-corrected chi connectivity index (χ0v) is 13.8. The maximum Gasteiger partial charge on any atom is 0.339 e. The maximum absolute atomic E-state index is 12.1. The van der Waals surface area contributed by atoms with Crippen LogP contribution in [-0.4, -0.2) is 44.2 Å². The Morgan fingerprint density at radius 3 is 2.67 bits per heavy atom. The molecule has 0 radical (unpaired) electrons. The van der Waals surface area contributed by atoms with Gasteiger partial charge in [-0.25, -0.2) is 17.9 Å². The van der Waals surface area contributed by atoms with Gasteiger partial charge in [-0.2, -0.15) is 11.8 Å². The van der Waals surface area contributed by atoms with Crippen molar-refractivity contribution in [1.29, 1.82) is 0 Å². The Bertz CT molecular complexity index is 601. The summed E-state index contributed by atoms with van der Waals surface area (Å²) in [6.07, 6.45) is 1.89. The van der Waals surface area contributed by atoms with E-state index >= 15 is 0 Å². The molecule has 118 valence electrons. The molecule has 21 heavy (non-hydrogen) atoms. The summed E-state index contributed by atoms with van der Waals surface area (Å²) in [5.74, 6) is -1.07. The minimum Gasteiger partial charge on any atom is -0.493 e. The van der Waals surface area contributed by atoms with Gasteiger partial charge in [0.2, 0.25) is 10.0 Å². The SMILES string of the molecule is CCOc1ccc(S(=O)(=O)NCC(C)SC)cc1C(=O)O. The van der Waals surface area contributed by atoms with Crippen LogP contribution in [0.1, 0.15) is 24.2 Å². The van der Waals surface area contributed by atoms with E-state index in [2.05, 4.69) is 4.72 Å². The molecule has 0 aliphatic heterocycles. The van der Waals surface area contributed by atoms with Gasteiger partial charge in [-0.05, 0) is 31.4 Å². The Hall–Kier alpha value is -1.25. The molecule has 1 aromatic rings. The van der Waals surface area contributed by atoms with Crippen molar-refractivity contribution in [3.63, 3.8) is 0 Å². The van der Waals surface area contributed by atoms with Gasteiger partial charge < -0.3 is 9.84 Å². The van der Waals surface area contributed by atoms with E-state index in [0.29, 0.717) is 6.61 Å². The highest BCUT2D eigenvalue weighted by molar-refractivity contribution is 7.99. The largest absolute Gasteiger partial charge is 0.493 e. The summed E-state index contributed by atoms with van der Waals surface area (Å²) in [7, 11) is -3.74. The average molecular weight is 333 g/mol. The second kappa shape index (κ2) is 7.67. The van der Waals surface area contributed by atoms with E-state index in [9.17, 15) is 13.2 Å². The van der Waals surface area contributed by atoms with Gasteiger partial charge in [-0.3, -0.25) is 0 Å². The number of hydrogen-bond donors (Lipinski definition) is 2. The fourth-order valence-electron chi connectivity index (χ4n) is 1.52. The van der Waals surface area contributed by atoms with Gasteiger partial charge in [0.1, 0.15) is 11.3 Å². The number of carboxylic acid groups (broad SMARTS) is 1. The van der Waals surface area contributed by atoms with Crippen molar-refractivity contribution >= 4 is 27.8 Å². The molecule has 0 aliphatic rings. The highest BCUT2D eigenvalue weighted by Crippen LogP contribution is 2.23. The molecule has 2 N–H and O–H groups in total. The number of carboxylic acids is 1. The van der Waals surface area contributed by atoms with Crippen LogP contribution >= 0.6 is 11.8 Å². The van der Waals surface area contributed by atoms with Crippen molar-refractivity contribution in [2.45, 2.75) is 24.0 Å². The molecule has 0 saturated heterocycles. The van der Waals surface area contributed by atoms with Gasteiger partial charge in [0, 0.05) is 11.8 Å². The van der Waals surface area contributed by atoms with Crippen LogP contribution in [0.25, 0.3) is 0 Å². The van der Waals surface area contributed by atoms with Crippen LogP contribution < -0.4 is 9.46 Å². The molecule has 1 unspecified atom stereocenters. The van der Waals surface area contributed by atoms with E-state index in [1.807, 2.05) is 13.2 Å². The van der Waals surface area contributed by atoms with E-state index < -0.39 is 16.0 Å². The van der Waals surface area contributed by atoms with Gasteiger partial charge in [-0.15, -0.1) is 0 Å². The first-order valence-electron chi connectivity index (χ1n) is 6.34. The Kier molecular flexibility index (Phi) is 6.50. The fourth-order valence-corrected chi connectivity index (χ4v) is 3.03. The molecule has 0 aromatic heterocycles. The van der Waals surface area contributed by atoms with E-state index in [4.69, 9.17) is 9.84 Å². The number of nitrogens with one attached hydrogen (secondary N) is 1. The summed E-state index contributed by atoms with van der Waals surface area (Å²) in [5.41, 5.74) is -0.169. The number of ether oxygens (including phenoxy) is 1. The molecular formula is C13H19NO5S2. The average Bonchev–Trinajstić information content (AvgIpc) is 2.45. The van der Waals surface area contributed by atoms with Crippen molar-refractivity contribution in [3.05, 3.63) is 23.8 Å². The molecule has 0 heterocycles. The van der Waals surface area contributed by atoms with Gasteiger partial charge in [0.05, 0.1) is 11.5 Å². The molecule has 8 heteroatoms. The van der Waals surface area contributed by atoms with E-state index in [-0.39, 0.29) is 28.0 Å². The first-order chi connectivity index (χ1) is 9.81. The lowest BCUT2D eigenvalue weighted by atomic mass is 10.2. The van der Waals surface area contributed by atoms with E-state index in [0.717, 1.165) is 6.07 Å². The standard InChI is InChI=1S/C13H19NO5S2/c1-4-19-12-6-5-10(7-11(12)13(15)16)21(17,18)14-8-9(2)20-3/h5-7,9,14H,4,8H2,1-3H3,(H,15,16).